The van der Waals surface area contributed by atoms with Gasteiger partial charge < -0.3 is 25.1 Å². The van der Waals surface area contributed by atoms with E-state index in [2.05, 4.69) is 5.32 Å². The lowest BCUT2D eigenvalue weighted by Gasteiger charge is -2.20. The summed E-state index contributed by atoms with van der Waals surface area (Å²) in [4.78, 5) is 24.2. The number of benzene rings is 1. The van der Waals surface area contributed by atoms with Gasteiger partial charge in [-0.15, -0.1) is 0 Å². The highest BCUT2D eigenvalue weighted by atomic mass is 19.1. The number of aryl methyl sites for hydroxylation is 1. The van der Waals surface area contributed by atoms with Crippen molar-refractivity contribution in [3.63, 3.8) is 0 Å². The average Bonchev–Trinajstić information content (AvgIpc) is 3.47. The number of nitrogens with one attached hydrogen (secondary N) is 1. The summed E-state index contributed by atoms with van der Waals surface area (Å²) in [6, 6.07) is 0.234. The van der Waals surface area contributed by atoms with Crippen molar-refractivity contribution in [3.05, 3.63) is 27.8 Å². The molecule has 1 aliphatic carbocycles. The molecule has 0 saturated heterocycles. The van der Waals surface area contributed by atoms with Crippen molar-refractivity contribution in [2.24, 2.45) is 0 Å². The quantitative estimate of drug-likeness (QED) is 0.569. The molecule has 0 radical (unpaired) electrons. The minimum Gasteiger partial charge on any atom is -0.492 e. The fourth-order valence-electron chi connectivity index (χ4n) is 3.23. The first-order valence-corrected chi connectivity index (χ1v) is 9.00. The number of ether oxygens (including phenoxy) is 2. The second-order valence-corrected chi connectivity index (χ2v) is 6.62. The molecule has 0 amide bonds. The van der Waals surface area contributed by atoms with Gasteiger partial charge >= 0.3 is 5.97 Å². The molecule has 1 aliphatic rings. The fraction of sp³-hybridized carbons (Fsp3) is 0.474. The Bertz CT molecular complexity index is 951. The minimum absolute atomic E-state index is 0.0458. The molecular weight excluding hydrogens is 353 g/mol. The summed E-state index contributed by atoms with van der Waals surface area (Å²) in [6.45, 7) is 3.84. The van der Waals surface area contributed by atoms with Crippen molar-refractivity contribution < 1.29 is 18.7 Å². The van der Waals surface area contributed by atoms with Crippen molar-refractivity contribution >= 4 is 28.2 Å². The number of hydrogen-bond donors (Lipinski definition) is 2. The molecule has 1 heterocycles. The van der Waals surface area contributed by atoms with Crippen LogP contribution >= 0.6 is 0 Å². The van der Waals surface area contributed by atoms with Crippen LogP contribution < -0.4 is 21.2 Å². The Hall–Kier alpha value is -2.77. The number of nitrogens with zero attached hydrogens (tertiary/aromatic N) is 1. The van der Waals surface area contributed by atoms with E-state index >= 15 is 0 Å². The molecule has 0 aliphatic heterocycles. The summed E-state index contributed by atoms with van der Waals surface area (Å²) in [7, 11) is 1.42. The van der Waals surface area contributed by atoms with Crippen LogP contribution in [0.15, 0.2) is 11.0 Å². The van der Waals surface area contributed by atoms with Crippen LogP contribution in [0.25, 0.3) is 10.9 Å². The van der Waals surface area contributed by atoms with E-state index in [1.165, 1.54) is 7.11 Å². The van der Waals surface area contributed by atoms with Crippen molar-refractivity contribution in [2.45, 2.75) is 39.2 Å². The van der Waals surface area contributed by atoms with Crippen LogP contribution in [0.3, 0.4) is 0 Å². The largest absolute Gasteiger partial charge is 0.492 e. The number of aromatic nitrogens is 1. The minimum atomic E-state index is -0.756. The lowest BCUT2D eigenvalue weighted by atomic mass is 10.1. The number of carbonyl (C=O) groups excluding carboxylic acids is 1. The van der Waals surface area contributed by atoms with Gasteiger partial charge in [0.05, 0.1) is 36.7 Å². The molecule has 2 aromatic rings. The van der Waals surface area contributed by atoms with Gasteiger partial charge in [0.2, 0.25) is 0 Å². The zero-order chi connectivity index (χ0) is 19.7. The van der Waals surface area contributed by atoms with Crippen molar-refractivity contribution in [1.29, 1.82) is 0 Å². The van der Waals surface area contributed by atoms with Crippen LogP contribution in [0.4, 0.5) is 15.8 Å². The Labute approximate surface area is 156 Å². The van der Waals surface area contributed by atoms with E-state index < -0.39 is 5.82 Å². The summed E-state index contributed by atoms with van der Waals surface area (Å²) in [6.07, 6.45) is 3.79. The first-order valence-electron chi connectivity index (χ1n) is 9.00. The highest BCUT2D eigenvalue weighted by Gasteiger charge is 2.30. The number of halogens is 1. The Morgan fingerprint density at radius 3 is 2.74 bits per heavy atom. The van der Waals surface area contributed by atoms with Crippen LogP contribution in [0, 0.1) is 12.7 Å². The standard InChI is InChI=1S/C19H24FN3O4/c1-4-27-12(24)7-8-22-16-14(20)15(21)13-17(19(16)26-3)23(11-5-6-11)9-10(2)18(13)25/h9,11,22H,4-8,21H2,1-3H3. The molecule has 7 nitrogen and oxygen atoms in total. The maximum Gasteiger partial charge on any atom is 0.307 e. The first kappa shape index (κ1) is 19.0. The third-order valence-electron chi connectivity index (χ3n) is 4.66. The van der Waals surface area contributed by atoms with Crippen LogP contribution in [-0.4, -0.2) is 30.8 Å². The number of esters is 1. The fourth-order valence-corrected chi connectivity index (χ4v) is 3.23. The number of rotatable bonds is 7. The molecule has 0 atom stereocenters. The molecule has 27 heavy (non-hydrogen) atoms. The van der Waals surface area contributed by atoms with E-state index in [9.17, 15) is 14.0 Å². The topological polar surface area (TPSA) is 95.6 Å². The number of pyridine rings is 1. The van der Waals surface area contributed by atoms with Crippen LogP contribution in [0.1, 0.15) is 37.8 Å². The Kier molecular flexibility index (Phi) is 5.25. The summed E-state index contributed by atoms with van der Waals surface area (Å²) in [5.41, 5.74) is 6.51. The number of nitrogens with two attached hydrogens (primary N) is 1. The maximum atomic E-state index is 15.0. The SMILES string of the molecule is CCOC(=O)CCNc1c(F)c(N)c2c(=O)c(C)cn(C3CC3)c2c1OC. The van der Waals surface area contributed by atoms with E-state index in [0.29, 0.717) is 11.1 Å². The maximum absolute atomic E-state index is 15.0. The zero-order valence-corrected chi connectivity index (χ0v) is 15.7. The Morgan fingerprint density at radius 2 is 2.15 bits per heavy atom. The monoisotopic (exact) mass is 377 g/mol. The molecular formula is C19H24FN3O4. The third-order valence-corrected chi connectivity index (χ3v) is 4.66. The van der Waals surface area contributed by atoms with Gasteiger partial charge in [0.1, 0.15) is 5.69 Å². The van der Waals surface area contributed by atoms with Gasteiger partial charge in [-0.1, -0.05) is 0 Å². The molecule has 3 rings (SSSR count). The Morgan fingerprint density at radius 1 is 1.44 bits per heavy atom. The molecule has 1 saturated carbocycles. The molecule has 3 N–H and O–H groups in total. The van der Waals surface area contributed by atoms with E-state index in [-0.39, 0.29) is 59.5 Å². The van der Waals surface area contributed by atoms with Gasteiger partial charge in [0, 0.05) is 24.3 Å². The number of hydrogen-bond acceptors (Lipinski definition) is 6. The second-order valence-electron chi connectivity index (χ2n) is 6.62. The molecule has 0 spiro atoms. The predicted molar refractivity (Wildman–Crippen MR) is 102 cm³/mol. The highest BCUT2D eigenvalue weighted by molar-refractivity contribution is 6.00. The predicted octanol–water partition coefficient (Wildman–Crippen LogP) is 2.74. The van der Waals surface area contributed by atoms with E-state index in [1.807, 2.05) is 4.57 Å². The average molecular weight is 377 g/mol. The third kappa shape index (κ3) is 3.43. The Balaban J connectivity index is 2.13. The number of fused-ring (bicyclic) bond motifs is 1. The van der Waals surface area contributed by atoms with Gasteiger partial charge in [0.25, 0.3) is 0 Å². The lowest BCUT2D eigenvalue weighted by molar-refractivity contribution is -0.142. The van der Waals surface area contributed by atoms with Crippen LogP contribution in [0.5, 0.6) is 5.75 Å². The van der Waals surface area contributed by atoms with Gasteiger partial charge in [-0.05, 0) is 26.7 Å². The van der Waals surface area contributed by atoms with Gasteiger partial charge in [-0.3, -0.25) is 9.59 Å². The number of nitrogen functional groups attached to an aromatic ring is 1. The van der Waals surface area contributed by atoms with Gasteiger partial charge in [0.15, 0.2) is 17.0 Å². The molecule has 1 aromatic heterocycles. The van der Waals surface area contributed by atoms with Crippen molar-refractivity contribution in [1.82, 2.24) is 4.57 Å². The van der Waals surface area contributed by atoms with E-state index in [4.69, 9.17) is 15.2 Å². The summed E-state index contributed by atoms with van der Waals surface area (Å²) in [5.74, 6) is -0.929. The lowest BCUT2D eigenvalue weighted by Crippen LogP contribution is -2.18. The summed E-state index contributed by atoms with van der Waals surface area (Å²) < 4.78 is 27.3. The number of anilines is 2. The van der Waals surface area contributed by atoms with Gasteiger partial charge in [-0.2, -0.15) is 0 Å². The van der Waals surface area contributed by atoms with E-state index in [1.54, 1.807) is 20.0 Å². The summed E-state index contributed by atoms with van der Waals surface area (Å²) in [5, 5.41) is 3.01. The highest BCUT2D eigenvalue weighted by Crippen LogP contribution is 2.44. The van der Waals surface area contributed by atoms with Crippen LogP contribution in [-0.2, 0) is 9.53 Å². The molecule has 0 bridgehead atoms. The first-order chi connectivity index (χ1) is 12.9. The molecule has 146 valence electrons. The molecule has 1 fully saturated rings. The zero-order valence-electron chi connectivity index (χ0n) is 15.7. The van der Waals surface area contributed by atoms with Crippen molar-refractivity contribution in [2.75, 3.05) is 31.3 Å². The smallest absolute Gasteiger partial charge is 0.307 e. The molecule has 1 aromatic carbocycles. The summed E-state index contributed by atoms with van der Waals surface area (Å²) >= 11 is 0. The number of methoxy groups -OCH3 is 1. The van der Waals surface area contributed by atoms with Crippen LogP contribution in [0.2, 0.25) is 0 Å². The van der Waals surface area contributed by atoms with Gasteiger partial charge in [-0.25, -0.2) is 4.39 Å². The molecule has 0 unspecified atom stereocenters. The normalized spacial score (nSPS) is 13.6. The second kappa shape index (κ2) is 7.46. The molecule has 8 heteroatoms. The number of carbonyl (C=O) groups is 1. The van der Waals surface area contributed by atoms with Crippen molar-refractivity contribution in [3.8, 4) is 5.75 Å². The van der Waals surface area contributed by atoms with E-state index in [0.717, 1.165) is 12.8 Å².